The van der Waals surface area contributed by atoms with Crippen molar-refractivity contribution in [2.45, 2.75) is 6.04 Å². The number of halogens is 1. The number of amides is 1. The highest BCUT2D eigenvalue weighted by Gasteiger charge is 2.17. The fourth-order valence-electron chi connectivity index (χ4n) is 3.08. The van der Waals surface area contributed by atoms with E-state index in [9.17, 15) is 9.90 Å². The molecular formula is C21H17ClN4O2. The third-order valence-corrected chi connectivity index (χ3v) is 4.75. The first kappa shape index (κ1) is 18.2. The van der Waals surface area contributed by atoms with Crippen LogP contribution in [0.2, 0.25) is 5.02 Å². The van der Waals surface area contributed by atoms with Crippen LogP contribution in [0.15, 0.2) is 67.0 Å². The van der Waals surface area contributed by atoms with Crippen LogP contribution in [-0.2, 0) is 0 Å². The van der Waals surface area contributed by atoms with E-state index in [1.165, 1.54) is 0 Å². The van der Waals surface area contributed by atoms with Crippen LogP contribution >= 0.6 is 11.6 Å². The number of pyridine rings is 1. The molecule has 6 nitrogen and oxygen atoms in total. The standard InChI is InChI=1S/C21H17ClN4O2/c22-16-3-1-2-14(10-16)19(12-27)24-21(28)15-4-5-18-17(11-15)20(26-25-18)13-6-8-23-9-7-13/h1-11,19,27H,12H2,(H,24,28)(H,25,26)/t19-/m0/s1. The van der Waals surface area contributed by atoms with Crippen molar-refractivity contribution in [1.82, 2.24) is 20.5 Å². The van der Waals surface area contributed by atoms with Crippen molar-refractivity contribution in [1.29, 1.82) is 0 Å². The summed E-state index contributed by atoms with van der Waals surface area (Å²) in [5, 5.41) is 21.3. The lowest BCUT2D eigenvalue weighted by Gasteiger charge is -2.17. The number of rotatable bonds is 5. The summed E-state index contributed by atoms with van der Waals surface area (Å²) >= 11 is 6.02. The lowest BCUT2D eigenvalue weighted by atomic mass is 10.0. The maximum atomic E-state index is 12.8. The monoisotopic (exact) mass is 392 g/mol. The van der Waals surface area contributed by atoms with Crippen LogP contribution in [0, 0.1) is 0 Å². The molecule has 4 aromatic rings. The molecule has 2 aromatic carbocycles. The molecule has 4 rings (SSSR count). The summed E-state index contributed by atoms with van der Waals surface area (Å²) in [6.45, 7) is -0.234. The Balaban J connectivity index is 1.64. The molecule has 1 atom stereocenters. The van der Waals surface area contributed by atoms with Gasteiger partial charge < -0.3 is 10.4 Å². The van der Waals surface area contributed by atoms with E-state index in [0.717, 1.165) is 27.7 Å². The SMILES string of the molecule is O=C(N[C@@H](CO)c1cccc(Cl)c1)c1ccc2[nH]nc(-c3ccncc3)c2c1. The Labute approximate surface area is 166 Å². The Hall–Kier alpha value is -3.22. The highest BCUT2D eigenvalue weighted by atomic mass is 35.5. The highest BCUT2D eigenvalue weighted by molar-refractivity contribution is 6.30. The molecule has 0 fully saturated rings. The summed E-state index contributed by atoms with van der Waals surface area (Å²) in [4.78, 5) is 16.8. The number of aliphatic hydroxyl groups is 1. The van der Waals surface area contributed by atoms with E-state index < -0.39 is 6.04 Å². The van der Waals surface area contributed by atoms with E-state index in [4.69, 9.17) is 11.6 Å². The summed E-state index contributed by atoms with van der Waals surface area (Å²) in [7, 11) is 0. The molecule has 0 saturated heterocycles. The molecule has 0 unspecified atom stereocenters. The molecule has 7 heteroatoms. The fourth-order valence-corrected chi connectivity index (χ4v) is 3.28. The normalized spacial score (nSPS) is 12.1. The second-order valence-corrected chi connectivity index (χ2v) is 6.77. The Morgan fingerprint density at radius 3 is 2.71 bits per heavy atom. The van der Waals surface area contributed by atoms with Gasteiger partial charge in [0.15, 0.2) is 0 Å². The van der Waals surface area contributed by atoms with Crippen LogP contribution < -0.4 is 5.32 Å². The van der Waals surface area contributed by atoms with Crippen molar-refractivity contribution in [3.63, 3.8) is 0 Å². The third-order valence-electron chi connectivity index (χ3n) is 4.52. The average Bonchev–Trinajstić information content (AvgIpc) is 3.15. The van der Waals surface area contributed by atoms with E-state index in [-0.39, 0.29) is 12.5 Å². The molecule has 2 aromatic heterocycles. The van der Waals surface area contributed by atoms with Crippen LogP contribution in [0.3, 0.4) is 0 Å². The zero-order valence-corrected chi connectivity index (χ0v) is 15.5. The molecule has 2 heterocycles. The number of fused-ring (bicyclic) bond motifs is 1. The Bertz CT molecular complexity index is 1130. The first-order valence-electron chi connectivity index (χ1n) is 8.71. The Morgan fingerprint density at radius 1 is 1.14 bits per heavy atom. The quantitative estimate of drug-likeness (QED) is 0.482. The number of hydrogen-bond acceptors (Lipinski definition) is 4. The number of nitrogens with one attached hydrogen (secondary N) is 2. The predicted molar refractivity (Wildman–Crippen MR) is 108 cm³/mol. The minimum atomic E-state index is -0.550. The number of H-pyrrole nitrogens is 1. The zero-order chi connectivity index (χ0) is 19.5. The number of hydrogen-bond donors (Lipinski definition) is 3. The van der Waals surface area contributed by atoms with Gasteiger partial charge in [-0.05, 0) is 48.0 Å². The van der Waals surface area contributed by atoms with E-state index in [1.807, 2.05) is 24.3 Å². The molecule has 0 spiro atoms. The van der Waals surface area contributed by atoms with Crippen LogP contribution in [0.4, 0.5) is 0 Å². The summed E-state index contributed by atoms with van der Waals surface area (Å²) < 4.78 is 0. The minimum absolute atomic E-state index is 0.234. The van der Waals surface area contributed by atoms with Crippen LogP contribution in [0.5, 0.6) is 0 Å². The van der Waals surface area contributed by atoms with Gasteiger partial charge in [-0.15, -0.1) is 0 Å². The molecule has 1 amide bonds. The zero-order valence-electron chi connectivity index (χ0n) is 14.8. The Kier molecular flexibility index (Phi) is 5.06. The smallest absolute Gasteiger partial charge is 0.251 e. The molecule has 0 saturated carbocycles. The van der Waals surface area contributed by atoms with Crippen LogP contribution in [-0.4, -0.2) is 32.8 Å². The first-order chi connectivity index (χ1) is 13.7. The number of carbonyl (C=O) groups excluding carboxylic acids is 1. The number of aliphatic hydroxyl groups excluding tert-OH is 1. The topological polar surface area (TPSA) is 90.9 Å². The summed E-state index contributed by atoms with van der Waals surface area (Å²) in [5.41, 5.74) is 3.71. The number of aromatic nitrogens is 3. The van der Waals surface area contributed by atoms with Gasteiger partial charge in [0.05, 0.1) is 18.2 Å². The minimum Gasteiger partial charge on any atom is -0.394 e. The summed E-state index contributed by atoms with van der Waals surface area (Å²) in [6, 6.07) is 15.6. The van der Waals surface area contributed by atoms with Gasteiger partial charge >= 0.3 is 0 Å². The van der Waals surface area contributed by atoms with Gasteiger partial charge in [-0.25, -0.2) is 0 Å². The number of carbonyl (C=O) groups is 1. The van der Waals surface area contributed by atoms with Gasteiger partial charge in [0.1, 0.15) is 5.69 Å². The molecule has 0 radical (unpaired) electrons. The Morgan fingerprint density at radius 2 is 1.96 bits per heavy atom. The molecule has 0 aliphatic heterocycles. The van der Waals surface area contributed by atoms with Gasteiger partial charge in [-0.3, -0.25) is 14.9 Å². The molecule has 0 bridgehead atoms. The molecule has 28 heavy (non-hydrogen) atoms. The molecule has 0 aliphatic rings. The van der Waals surface area contributed by atoms with Crippen molar-refractivity contribution in [2.24, 2.45) is 0 Å². The maximum absolute atomic E-state index is 12.8. The fraction of sp³-hybridized carbons (Fsp3) is 0.0952. The number of aromatic amines is 1. The summed E-state index contributed by atoms with van der Waals surface area (Å²) in [5.74, 6) is -0.289. The lowest BCUT2D eigenvalue weighted by Crippen LogP contribution is -2.30. The van der Waals surface area contributed by atoms with Crippen LogP contribution in [0.25, 0.3) is 22.2 Å². The predicted octanol–water partition coefficient (Wildman–Crippen LogP) is 3.74. The van der Waals surface area contributed by atoms with E-state index >= 15 is 0 Å². The van der Waals surface area contributed by atoms with E-state index in [0.29, 0.717) is 10.6 Å². The second kappa shape index (κ2) is 7.80. The highest BCUT2D eigenvalue weighted by Crippen LogP contribution is 2.27. The molecule has 0 aliphatic carbocycles. The van der Waals surface area contributed by atoms with Crippen molar-refractivity contribution in [3.05, 3.63) is 83.1 Å². The molecule has 140 valence electrons. The van der Waals surface area contributed by atoms with Crippen LogP contribution in [0.1, 0.15) is 22.0 Å². The third kappa shape index (κ3) is 3.60. The van der Waals surface area contributed by atoms with Gasteiger partial charge in [0, 0.05) is 33.9 Å². The maximum Gasteiger partial charge on any atom is 0.251 e. The van der Waals surface area contributed by atoms with Crippen molar-refractivity contribution in [3.8, 4) is 11.3 Å². The van der Waals surface area contributed by atoms with Gasteiger partial charge in [0.2, 0.25) is 0 Å². The summed E-state index contributed by atoms with van der Waals surface area (Å²) in [6.07, 6.45) is 3.40. The largest absolute Gasteiger partial charge is 0.394 e. The average molecular weight is 393 g/mol. The van der Waals surface area contributed by atoms with E-state index in [1.54, 1.807) is 42.7 Å². The number of nitrogens with zero attached hydrogens (tertiary/aromatic N) is 2. The molecular weight excluding hydrogens is 376 g/mol. The second-order valence-electron chi connectivity index (χ2n) is 6.33. The van der Waals surface area contributed by atoms with Gasteiger partial charge in [-0.2, -0.15) is 5.10 Å². The van der Waals surface area contributed by atoms with Gasteiger partial charge in [-0.1, -0.05) is 23.7 Å². The van der Waals surface area contributed by atoms with Gasteiger partial charge in [0.25, 0.3) is 5.91 Å². The first-order valence-corrected chi connectivity index (χ1v) is 9.09. The lowest BCUT2D eigenvalue weighted by molar-refractivity contribution is 0.0916. The van der Waals surface area contributed by atoms with E-state index in [2.05, 4.69) is 20.5 Å². The number of benzene rings is 2. The van der Waals surface area contributed by atoms with Crippen molar-refractivity contribution >= 4 is 28.4 Å². The van der Waals surface area contributed by atoms with Crippen molar-refractivity contribution in [2.75, 3.05) is 6.61 Å². The van der Waals surface area contributed by atoms with Crippen molar-refractivity contribution < 1.29 is 9.90 Å². The molecule has 3 N–H and O–H groups in total.